The highest BCUT2D eigenvalue weighted by Crippen LogP contribution is 2.28. The Labute approximate surface area is 135 Å². The van der Waals surface area contributed by atoms with Gasteiger partial charge in [-0.05, 0) is 46.0 Å². The third-order valence-corrected chi connectivity index (χ3v) is 5.34. The second-order valence-corrected chi connectivity index (χ2v) is 7.11. The van der Waals surface area contributed by atoms with Crippen molar-refractivity contribution in [3.63, 3.8) is 0 Å². The molecule has 4 nitrogen and oxygen atoms in total. The van der Waals surface area contributed by atoms with Gasteiger partial charge in [-0.2, -0.15) is 4.57 Å². The van der Waals surface area contributed by atoms with Crippen LogP contribution in [-0.4, -0.2) is 68.1 Å². The minimum Gasteiger partial charge on any atom is -0.304 e. The van der Waals surface area contributed by atoms with Crippen LogP contribution < -0.4 is 4.57 Å². The SMILES string of the molecule is Cc1cc[n+](CCN2CCN(C)CC2)c(C2CCCN2C)c1. The van der Waals surface area contributed by atoms with Gasteiger partial charge >= 0.3 is 0 Å². The lowest BCUT2D eigenvalue weighted by Crippen LogP contribution is -2.50. The molecule has 0 aromatic carbocycles. The molecule has 0 aliphatic carbocycles. The maximum atomic E-state index is 2.61. The standard InChI is InChI=1S/C18H31N4/c1-16-6-8-22(14-13-21-11-9-19(2)10-12-21)18(15-16)17-5-4-7-20(17)3/h6,8,15,17H,4-5,7,9-14H2,1-3H3/q+1. The van der Waals surface area contributed by atoms with Gasteiger partial charge in [0.1, 0.15) is 0 Å². The Morgan fingerprint density at radius 1 is 1.14 bits per heavy atom. The Morgan fingerprint density at radius 3 is 2.59 bits per heavy atom. The highest BCUT2D eigenvalue weighted by molar-refractivity contribution is 5.14. The van der Waals surface area contributed by atoms with Crippen molar-refractivity contribution in [1.29, 1.82) is 0 Å². The number of piperazine rings is 1. The van der Waals surface area contributed by atoms with Crippen LogP contribution in [0.1, 0.15) is 30.1 Å². The van der Waals surface area contributed by atoms with Crippen molar-refractivity contribution in [2.45, 2.75) is 32.4 Å². The van der Waals surface area contributed by atoms with Crippen LogP contribution in [0.4, 0.5) is 0 Å². The first-order chi connectivity index (χ1) is 10.6. The van der Waals surface area contributed by atoms with Gasteiger partial charge < -0.3 is 4.90 Å². The number of nitrogens with zero attached hydrogens (tertiary/aromatic N) is 4. The van der Waals surface area contributed by atoms with Crippen LogP contribution >= 0.6 is 0 Å². The summed E-state index contributed by atoms with van der Waals surface area (Å²) < 4.78 is 2.50. The molecule has 0 amide bonds. The van der Waals surface area contributed by atoms with Gasteiger partial charge in [0, 0.05) is 38.3 Å². The van der Waals surface area contributed by atoms with Gasteiger partial charge in [-0.25, -0.2) is 0 Å². The Bertz CT molecular complexity index is 494. The summed E-state index contributed by atoms with van der Waals surface area (Å²) in [4.78, 5) is 7.55. The van der Waals surface area contributed by atoms with Crippen LogP contribution in [0.15, 0.2) is 18.3 Å². The number of pyridine rings is 1. The molecular weight excluding hydrogens is 272 g/mol. The summed E-state index contributed by atoms with van der Waals surface area (Å²) in [5.41, 5.74) is 2.89. The van der Waals surface area contributed by atoms with Gasteiger partial charge in [0.05, 0.1) is 12.6 Å². The van der Waals surface area contributed by atoms with E-state index in [1.54, 1.807) is 0 Å². The topological polar surface area (TPSA) is 13.6 Å². The molecule has 0 saturated carbocycles. The number of hydrogen-bond donors (Lipinski definition) is 0. The van der Waals surface area contributed by atoms with E-state index in [2.05, 4.69) is 58.6 Å². The Hall–Kier alpha value is -0.970. The summed E-state index contributed by atoms with van der Waals surface area (Å²) in [5, 5.41) is 0. The molecule has 22 heavy (non-hydrogen) atoms. The molecule has 0 N–H and O–H groups in total. The van der Waals surface area contributed by atoms with Crippen LogP contribution in [0, 0.1) is 6.92 Å². The molecule has 4 heteroatoms. The second-order valence-electron chi connectivity index (χ2n) is 7.11. The predicted molar refractivity (Wildman–Crippen MR) is 89.9 cm³/mol. The molecule has 1 aromatic heterocycles. The molecule has 0 spiro atoms. The highest BCUT2D eigenvalue weighted by Gasteiger charge is 2.30. The van der Waals surface area contributed by atoms with E-state index in [1.165, 1.54) is 63.4 Å². The van der Waals surface area contributed by atoms with Gasteiger partial charge in [0.2, 0.25) is 0 Å². The van der Waals surface area contributed by atoms with Gasteiger partial charge in [0.15, 0.2) is 18.4 Å². The van der Waals surface area contributed by atoms with Gasteiger partial charge in [0.25, 0.3) is 0 Å². The smallest absolute Gasteiger partial charge is 0.198 e. The van der Waals surface area contributed by atoms with Crippen LogP contribution in [-0.2, 0) is 6.54 Å². The first kappa shape index (κ1) is 15.9. The Morgan fingerprint density at radius 2 is 1.91 bits per heavy atom. The van der Waals surface area contributed by atoms with Gasteiger partial charge in [-0.1, -0.05) is 0 Å². The van der Waals surface area contributed by atoms with E-state index in [4.69, 9.17) is 0 Å². The molecular formula is C18H31N4+. The number of rotatable bonds is 4. The van der Waals surface area contributed by atoms with E-state index in [0.29, 0.717) is 6.04 Å². The normalized spacial score (nSPS) is 25.0. The first-order valence-corrected chi connectivity index (χ1v) is 8.74. The fourth-order valence-corrected chi connectivity index (χ4v) is 3.75. The zero-order valence-corrected chi connectivity index (χ0v) is 14.5. The molecule has 122 valence electrons. The number of hydrogen-bond acceptors (Lipinski definition) is 3. The second kappa shape index (κ2) is 7.07. The van der Waals surface area contributed by atoms with Gasteiger partial charge in [-0.3, -0.25) is 9.80 Å². The maximum Gasteiger partial charge on any atom is 0.198 e. The molecule has 2 fully saturated rings. The average Bonchev–Trinajstić information content (AvgIpc) is 2.93. The van der Waals surface area contributed by atoms with E-state index in [1.807, 2.05) is 0 Å². The molecule has 1 unspecified atom stereocenters. The molecule has 1 atom stereocenters. The zero-order chi connectivity index (χ0) is 15.5. The molecule has 2 saturated heterocycles. The van der Waals surface area contributed by atoms with Gasteiger partial charge in [-0.15, -0.1) is 0 Å². The average molecular weight is 303 g/mol. The maximum absolute atomic E-state index is 2.61. The van der Waals surface area contributed by atoms with Crippen molar-refractivity contribution in [2.75, 3.05) is 53.4 Å². The molecule has 3 rings (SSSR count). The number of aryl methyl sites for hydroxylation is 1. The van der Waals surface area contributed by atoms with Crippen LogP contribution in [0.3, 0.4) is 0 Å². The van der Waals surface area contributed by atoms with Crippen molar-refractivity contribution in [3.8, 4) is 0 Å². The molecule has 2 aliphatic heterocycles. The summed E-state index contributed by atoms with van der Waals surface area (Å²) >= 11 is 0. The summed E-state index contributed by atoms with van der Waals surface area (Å²) in [6.07, 6.45) is 4.93. The lowest BCUT2D eigenvalue weighted by molar-refractivity contribution is -0.706. The van der Waals surface area contributed by atoms with E-state index >= 15 is 0 Å². The lowest BCUT2D eigenvalue weighted by Gasteiger charge is -2.31. The number of likely N-dealkylation sites (N-methyl/N-ethyl adjacent to an activating group) is 1. The fourth-order valence-electron chi connectivity index (χ4n) is 3.75. The number of aromatic nitrogens is 1. The minimum absolute atomic E-state index is 0.604. The fraction of sp³-hybridized carbons (Fsp3) is 0.722. The van der Waals surface area contributed by atoms with Crippen molar-refractivity contribution in [1.82, 2.24) is 14.7 Å². The molecule has 0 radical (unpaired) electrons. The molecule has 2 aliphatic rings. The van der Waals surface area contributed by atoms with E-state index < -0.39 is 0 Å². The predicted octanol–water partition coefficient (Wildman–Crippen LogP) is 1.30. The largest absolute Gasteiger partial charge is 0.304 e. The number of likely N-dealkylation sites (tertiary alicyclic amines) is 1. The lowest BCUT2D eigenvalue weighted by atomic mass is 10.1. The molecule has 1 aromatic rings. The third kappa shape index (κ3) is 3.67. The molecule has 3 heterocycles. The quantitative estimate of drug-likeness (QED) is 0.779. The zero-order valence-electron chi connectivity index (χ0n) is 14.5. The van der Waals surface area contributed by atoms with Crippen LogP contribution in [0.2, 0.25) is 0 Å². The van der Waals surface area contributed by atoms with Crippen LogP contribution in [0.5, 0.6) is 0 Å². The minimum atomic E-state index is 0.604. The summed E-state index contributed by atoms with van der Waals surface area (Å²) in [7, 11) is 4.49. The summed E-state index contributed by atoms with van der Waals surface area (Å²) in [5.74, 6) is 0. The highest BCUT2D eigenvalue weighted by atomic mass is 15.3. The van der Waals surface area contributed by atoms with Crippen LogP contribution in [0.25, 0.3) is 0 Å². The summed E-state index contributed by atoms with van der Waals surface area (Å²) in [6, 6.07) is 5.26. The monoisotopic (exact) mass is 303 g/mol. The van der Waals surface area contributed by atoms with Crippen molar-refractivity contribution in [2.24, 2.45) is 0 Å². The van der Waals surface area contributed by atoms with Crippen molar-refractivity contribution < 1.29 is 4.57 Å². The van der Waals surface area contributed by atoms with Crippen molar-refractivity contribution in [3.05, 3.63) is 29.6 Å². The summed E-state index contributed by atoms with van der Waals surface area (Å²) in [6.45, 7) is 10.6. The van der Waals surface area contributed by atoms with E-state index in [-0.39, 0.29) is 0 Å². The van der Waals surface area contributed by atoms with E-state index in [0.717, 1.165) is 6.54 Å². The molecule has 0 bridgehead atoms. The Balaban J connectivity index is 1.67. The van der Waals surface area contributed by atoms with Crippen molar-refractivity contribution >= 4 is 0 Å². The third-order valence-electron chi connectivity index (χ3n) is 5.34. The first-order valence-electron chi connectivity index (χ1n) is 8.74. The Kier molecular flexibility index (Phi) is 5.11. The van der Waals surface area contributed by atoms with E-state index in [9.17, 15) is 0 Å².